The minimum absolute atomic E-state index is 0.152. The number of rotatable bonds is 1. The van der Waals surface area contributed by atoms with Crippen molar-refractivity contribution in [2.24, 2.45) is 0 Å². The predicted octanol–water partition coefficient (Wildman–Crippen LogP) is 4.36. The molecule has 0 spiro atoms. The van der Waals surface area contributed by atoms with Crippen molar-refractivity contribution in [1.82, 2.24) is 0 Å². The van der Waals surface area contributed by atoms with Crippen molar-refractivity contribution < 1.29 is 4.43 Å². The van der Waals surface area contributed by atoms with E-state index in [9.17, 15) is 0 Å². The molecule has 0 aliphatic carbocycles. The molecule has 1 rings (SSSR count). The highest BCUT2D eigenvalue weighted by atomic mass is 29.8. The number of hydrogen-bond acceptors (Lipinski definition) is 1. The molecule has 1 unspecified atom stereocenters. The fourth-order valence-electron chi connectivity index (χ4n) is 3.74. The summed E-state index contributed by atoms with van der Waals surface area (Å²) < 4.78 is 6.87. The molecule has 102 valence electrons. The van der Waals surface area contributed by atoms with E-state index in [0.29, 0.717) is 0 Å². The predicted molar refractivity (Wildman–Crippen MR) is 89.9 cm³/mol. The zero-order valence-electron chi connectivity index (χ0n) is 13.6. The molecular formula is C12H32OSi4. The molecule has 0 amide bonds. The van der Waals surface area contributed by atoms with Gasteiger partial charge in [-0.15, -0.1) is 0 Å². The van der Waals surface area contributed by atoms with Crippen molar-refractivity contribution >= 4 is 29.6 Å². The number of hydrogen-bond donors (Lipinski definition) is 0. The van der Waals surface area contributed by atoms with Crippen molar-refractivity contribution in [2.45, 2.75) is 77.9 Å². The van der Waals surface area contributed by atoms with Gasteiger partial charge in [-0.2, -0.15) is 0 Å². The third-order valence-electron chi connectivity index (χ3n) is 5.66. The maximum absolute atomic E-state index is 6.87. The van der Waals surface area contributed by atoms with Gasteiger partial charge in [0.2, 0.25) is 0 Å². The lowest BCUT2D eigenvalue weighted by Gasteiger charge is -2.62. The Balaban J connectivity index is 3.37. The topological polar surface area (TPSA) is 9.23 Å². The van der Waals surface area contributed by atoms with Crippen molar-refractivity contribution in [2.75, 3.05) is 0 Å². The van der Waals surface area contributed by atoms with Crippen LogP contribution in [0.3, 0.4) is 0 Å². The maximum Gasteiger partial charge on any atom is 0.163 e. The fraction of sp³-hybridized carbons (Fsp3) is 1.00. The van der Waals surface area contributed by atoms with Crippen molar-refractivity contribution in [3.05, 3.63) is 0 Å². The summed E-state index contributed by atoms with van der Waals surface area (Å²) in [5, 5.41) is 0. The molecular weight excluding hydrogens is 272 g/mol. The maximum atomic E-state index is 6.87. The summed E-state index contributed by atoms with van der Waals surface area (Å²) in [4.78, 5) is 0. The highest BCUT2D eigenvalue weighted by Gasteiger charge is 2.66. The lowest BCUT2D eigenvalue weighted by atomic mass is 10.2. The van der Waals surface area contributed by atoms with Gasteiger partial charge >= 0.3 is 0 Å². The van der Waals surface area contributed by atoms with Gasteiger partial charge in [0.1, 0.15) is 0 Å². The van der Waals surface area contributed by atoms with Crippen LogP contribution in [0.4, 0.5) is 0 Å². The quantitative estimate of drug-likeness (QED) is 0.654. The van der Waals surface area contributed by atoms with Crippen LogP contribution in [-0.2, 0) is 4.43 Å². The molecule has 1 heterocycles. The summed E-state index contributed by atoms with van der Waals surface area (Å²) in [6, 6.07) is 1.37. The second kappa shape index (κ2) is 3.91. The van der Waals surface area contributed by atoms with Crippen molar-refractivity contribution in [3.8, 4) is 0 Å². The van der Waals surface area contributed by atoms with Crippen LogP contribution in [0.15, 0.2) is 0 Å². The standard InChI is InChI=1S/C12H32OSi4/c1-12(2)11-15(6,7)16(8,9)17(10,13-12)14(3,4)5/h11H2,1-10H3. The van der Waals surface area contributed by atoms with Gasteiger partial charge in [-0.3, -0.25) is 0 Å². The molecule has 0 bridgehead atoms. The molecule has 0 radical (unpaired) electrons. The Bertz CT molecular complexity index is 317. The monoisotopic (exact) mass is 304 g/mol. The lowest BCUT2D eigenvalue weighted by Crippen LogP contribution is -2.85. The molecule has 0 aromatic rings. The molecule has 0 aromatic carbocycles. The first-order chi connectivity index (χ1) is 7.16. The van der Waals surface area contributed by atoms with E-state index in [4.69, 9.17) is 4.43 Å². The highest BCUT2D eigenvalue weighted by Crippen LogP contribution is 2.46. The van der Waals surface area contributed by atoms with E-state index in [-0.39, 0.29) is 5.60 Å². The zero-order chi connectivity index (χ0) is 13.9. The summed E-state index contributed by atoms with van der Waals surface area (Å²) in [6.45, 7) is 25.6. The Morgan fingerprint density at radius 2 is 1.35 bits per heavy atom. The van der Waals surface area contributed by atoms with Crippen LogP contribution < -0.4 is 0 Å². The van der Waals surface area contributed by atoms with Crippen LogP contribution in [0.2, 0.25) is 58.4 Å². The molecule has 5 heteroatoms. The third-order valence-corrected chi connectivity index (χ3v) is 69.0. The van der Waals surface area contributed by atoms with Crippen molar-refractivity contribution in [3.63, 3.8) is 0 Å². The molecule has 0 aromatic heterocycles. The average molecular weight is 305 g/mol. The zero-order valence-corrected chi connectivity index (χ0v) is 17.6. The van der Waals surface area contributed by atoms with Gasteiger partial charge in [-0.25, -0.2) is 0 Å². The molecule has 1 fully saturated rings. The Hall–Kier alpha value is 0.828. The van der Waals surface area contributed by atoms with Crippen LogP contribution >= 0.6 is 0 Å². The minimum Gasteiger partial charge on any atom is -0.419 e. The summed E-state index contributed by atoms with van der Waals surface area (Å²) in [5.41, 5.74) is 0.152. The van der Waals surface area contributed by atoms with Crippen LogP contribution in [0.5, 0.6) is 0 Å². The van der Waals surface area contributed by atoms with Gasteiger partial charge in [-0.1, -0.05) is 52.4 Å². The third kappa shape index (κ3) is 2.33. The molecule has 1 aliphatic rings. The second-order valence-corrected chi connectivity index (χ2v) is 47.8. The lowest BCUT2D eigenvalue weighted by molar-refractivity contribution is 0.126. The average Bonchev–Trinajstić information content (AvgIpc) is 1.95. The largest absolute Gasteiger partial charge is 0.419 e. The fourth-order valence-corrected chi connectivity index (χ4v) is 75.9. The van der Waals surface area contributed by atoms with Gasteiger partial charge in [0.05, 0.1) is 14.7 Å². The molecule has 0 saturated carbocycles. The Morgan fingerprint density at radius 3 is 1.71 bits per heavy atom. The smallest absolute Gasteiger partial charge is 0.163 e. The second-order valence-electron chi connectivity index (χ2n) is 8.83. The Kier molecular flexibility index (Phi) is 3.65. The van der Waals surface area contributed by atoms with E-state index in [2.05, 4.69) is 66.2 Å². The van der Waals surface area contributed by atoms with E-state index in [1.54, 1.807) is 0 Å². The Morgan fingerprint density at radius 1 is 0.941 bits per heavy atom. The summed E-state index contributed by atoms with van der Waals surface area (Å²) in [7, 11) is -4.94. The van der Waals surface area contributed by atoms with Gasteiger partial charge in [0.25, 0.3) is 0 Å². The molecule has 1 saturated heterocycles. The van der Waals surface area contributed by atoms with E-state index in [1.165, 1.54) is 6.04 Å². The van der Waals surface area contributed by atoms with Crippen LogP contribution in [0, 0.1) is 0 Å². The van der Waals surface area contributed by atoms with Crippen LogP contribution in [0.1, 0.15) is 13.8 Å². The summed E-state index contributed by atoms with van der Waals surface area (Å²) in [5.74, 6) is 0. The van der Waals surface area contributed by atoms with Gasteiger partial charge in [0, 0.05) is 13.2 Å². The van der Waals surface area contributed by atoms with Crippen LogP contribution in [0.25, 0.3) is 0 Å². The van der Waals surface area contributed by atoms with Crippen molar-refractivity contribution in [1.29, 1.82) is 0 Å². The normalized spacial score (nSPS) is 35.6. The highest BCUT2D eigenvalue weighted by molar-refractivity contribution is 7.82. The van der Waals surface area contributed by atoms with Crippen LogP contribution in [-0.4, -0.2) is 35.2 Å². The molecule has 1 atom stereocenters. The molecule has 1 nitrogen and oxygen atoms in total. The van der Waals surface area contributed by atoms with Gasteiger partial charge in [-0.05, 0) is 19.9 Å². The van der Waals surface area contributed by atoms with E-state index in [1.807, 2.05) is 0 Å². The first kappa shape index (κ1) is 15.9. The molecule has 1 aliphatic heterocycles. The Labute approximate surface area is 112 Å². The van der Waals surface area contributed by atoms with Gasteiger partial charge in [0.15, 0.2) is 7.35 Å². The molecule has 0 N–H and O–H groups in total. The van der Waals surface area contributed by atoms with E-state index >= 15 is 0 Å². The molecule has 17 heavy (non-hydrogen) atoms. The first-order valence-corrected chi connectivity index (χ1v) is 22.0. The minimum atomic E-state index is -1.50. The first-order valence-electron chi connectivity index (χ1n) is 6.87. The summed E-state index contributed by atoms with van der Waals surface area (Å²) in [6.07, 6.45) is 0. The SMILES string of the molecule is CC1(C)C[Si](C)(C)[Si](C)(C)[Si](C)([Si](C)(C)C)O1. The summed E-state index contributed by atoms with van der Waals surface area (Å²) >= 11 is 0. The van der Waals surface area contributed by atoms with E-state index < -0.39 is 29.6 Å². The van der Waals surface area contributed by atoms with Gasteiger partial charge < -0.3 is 4.43 Å². The van der Waals surface area contributed by atoms with E-state index in [0.717, 1.165) is 0 Å².